The summed E-state index contributed by atoms with van der Waals surface area (Å²) >= 11 is 0. The van der Waals surface area contributed by atoms with E-state index >= 15 is 0 Å². The summed E-state index contributed by atoms with van der Waals surface area (Å²) in [5.74, 6) is -0.906. The Hall–Kier alpha value is -2.73. The zero-order chi connectivity index (χ0) is 20.8. The third kappa shape index (κ3) is 5.64. The molecule has 0 bridgehead atoms. The third-order valence-corrected chi connectivity index (χ3v) is 5.38. The molecule has 3 rings (SSSR count). The van der Waals surface area contributed by atoms with Gasteiger partial charge in [0.1, 0.15) is 11.9 Å². The van der Waals surface area contributed by atoms with Gasteiger partial charge in [-0.3, -0.25) is 9.59 Å². The quantitative estimate of drug-likeness (QED) is 0.815. The van der Waals surface area contributed by atoms with Crippen LogP contribution in [-0.2, 0) is 16.0 Å². The third-order valence-electron chi connectivity index (χ3n) is 5.38. The van der Waals surface area contributed by atoms with Crippen molar-refractivity contribution in [2.45, 2.75) is 19.4 Å². The monoisotopic (exact) mass is 397 g/mol. The summed E-state index contributed by atoms with van der Waals surface area (Å²) in [6, 6.07) is 14.8. The second kappa shape index (κ2) is 9.65. The van der Waals surface area contributed by atoms with E-state index in [0.717, 1.165) is 24.2 Å². The maximum atomic E-state index is 13.2. The highest BCUT2D eigenvalue weighted by atomic mass is 19.1. The average molecular weight is 397 g/mol. The lowest BCUT2D eigenvalue weighted by Crippen LogP contribution is -2.51. The molecule has 1 heterocycles. The van der Waals surface area contributed by atoms with Gasteiger partial charge in [0.05, 0.1) is 0 Å². The van der Waals surface area contributed by atoms with Crippen molar-refractivity contribution in [2.75, 3.05) is 33.2 Å². The summed E-state index contributed by atoms with van der Waals surface area (Å²) in [5.41, 5.74) is 1.66. The number of carbonyl (C=O) groups excluding carboxylic acids is 2. The Labute approximate surface area is 171 Å². The molecular formula is C23H28FN3O2. The molecular weight excluding hydrogens is 369 g/mol. The Kier molecular flexibility index (Phi) is 6.99. The van der Waals surface area contributed by atoms with Crippen LogP contribution in [-0.4, -0.2) is 54.8 Å². The van der Waals surface area contributed by atoms with E-state index in [-0.39, 0.29) is 23.5 Å². The number of hydrogen-bond acceptors (Lipinski definition) is 3. The van der Waals surface area contributed by atoms with Crippen LogP contribution in [0.15, 0.2) is 54.6 Å². The maximum absolute atomic E-state index is 13.2. The number of halogens is 1. The van der Waals surface area contributed by atoms with Crippen LogP contribution in [0.25, 0.3) is 0 Å². The molecule has 1 saturated heterocycles. The van der Waals surface area contributed by atoms with Crippen LogP contribution in [0.1, 0.15) is 24.1 Å². The van der Waals surface area contributed by atoms with Gasteiger partial charge in [0.15, 0.2) is 0 Å². The van der Waals surface area contributed by atoms with Gasteiger partial charge < -0.3 is 15.1 Å². The summed E-state index contributed by atoms with van der Waals surface area (Å²) in [6.07, 6.45) is 0.482. The molecule has 0 spiro atoms. The molecule has 2 atom stereocenters. The van der Waals surface area contributed by atoms with Crippen molar-refractivity contribution in [3.8, 4) is 0 Å². The number of amides is 2. The fourth-order valence-electron chi connectivity index (χ4n) is 3.49. The van der Waals surface area contributed by atoms with Gasteiger partial charge in [0.25, 0.3) is 0 Å². The number of nitrogens with zero attached hydrogens (tertiary/aromatic N) is 2. The van der Waals surface area contributed by atoms with Gasteiger partial charge in [-0.1, -0.05) is 49.4 Å². The van der Waals surface area contributed by atoms with E-state index in [2.05, 4.69) is 10.2 Å². The fourth-order valence-corrected chi connectivity index (χ4v) is 3.49. The van der Waals surface area contributed by atoms with E-state index in [1.54, 1.807) is 12.1 Å². The first-order valence-corrected chi connectivity index (χ1v) is 10.0. The minimum Gasteiger partial charge on any atom is -0.340 e. The smallest absolute Gasteiger partial charge is 0.249 e. The van der Waals surface area contributed by atoms with Crippen molar-refractivity contribution in [3.63, 3.8) is 0 Å². The molecule has 6 heteroatoms. The lowest BCUT2D eigenvalue weighted by molar-refractivity contribution is -0.138. The number of carbonyl (C=O) groups is 2. The molecule has 2 aromatic rings. The number of piperazine rings is 1. The molecule has 0 radical (unpaired) electrons. The molecule has 0 aliphatic carbocycles. The first kappa shape index (κ1) is 21.0. The SMILES string of the molecule is CC(Cc1ccc(F)cc1)C(=O)N[C@H](C(=O)N1CCN(C)CC1)c1ccccc1. The molecule has 2 aromatic carbocycles. The van der Waals surface area contributed by atoms with Gasteiger partial charge in [-0.2, -0.15) is 0 Å². The van der Waals surface area contributed by atoms with Crippen LogP contribution in [0.4, 0.5) is 4.39 Å². The molecule has 0 aromatic heterocycles. The first-order valence-electron chi connectivity index (χ1n) is 10.0. The average Bonchev–Trinajstić information content (AvgIpc) is 2.74. The number of benzene rings is 2. The predicted octanol–water partition coefficient (Wildman–Crippen LogP) is 2.64. The highest BCUT2D eigenvalue weighted by molar-refractivity contribution is 5.89. The number of rotatable bonds is 6. The molecule has 1 N–H and O–H groups in total. The van der Waals surface area contributed by atoms with E-state index < -0.39 is 6.04 Å². The first-order chi connectivity index (χ1) is 13.9. The van der Waals surface area contributed by atoms with Crippen molar-refractivity contribution in [1.29, 1.82) is 0 Å². The van der Waals surface area contributed by atoms with Crippen LogP contribution >= 0.6 is 0 Å². The molecule has 1 aliphatic heterocycles. The van der Waals surface area contributed by atoms with Crippen molar-refractivity contribution < 1.29 is 14.0 Å². The van der Waals surface area contributed by atoms with Crippen molar-refractivity contribution in [3.05, 3.63) is 71.5 Å². The van der Waals surface area contributed by atoms with E-state index in [4.69, 9.17) is 0 Å². The van der Waals surface area contributed by atoms with Gasteiger partial charge in [-0.15, -0.1) is 0 Å². The molecule has 1 unspecified atom stereocenters. The predicted molar refractivity (Wildman–Crippen MR) is 111 cm³/mol. The van der Waals surface area contributed by atoms with Crippen molar-refractivity contribution in [1.82, 2.24) is 15.1 Å². The minimum absolute atomic E-state index is 0.0772. The molecule has 1 aliphatic rings. The Morgan fingerprint density at radius 2 is 1.62 bits per heavy atom. The van der Waals surface area contributed by atoms with Crippen molar-refractivity contribution in [2.24, 2.45) is 5.92 Å². The normalized spacial score (nSPS) is 16.9. The van der Waals surface area contributed by atoms with Gasteiger partial charge in [0, 0.05) is 32.1 Å². The van der Waals surface area contributed by atoms with Gasteiger partial charge in [-0.05, 0) is 36.7 Å². The molecule has 29 heavy (non-hydrogen) atoms. The van der Waals surface area contributed by atoms with E-state index in [1.165, 1.54) is 12.1 Å². The second-order valence-corrected chi connectivity index (χ2v) is 7.71. The summed E-state index contributed by atoms with van der Waals surface area (Å²) < 4.78 is 13.1. The maximum Gasteiger partial charge on any atom is 0.249 e. The summed E-state index contributed by atoms with van der Waals surface area (Å²) in [6.45, 7) is 4.77. The molecule has 154 valence electrons. The Bertz CT molecular complexity index is 818. The number of likely N-dealkylation sites (N-methyl/N-ethyl adjacent to an activating group) is 1. The van der Waals surface area contributed by atoms with Crippen LogP contribution in [0.3, 0.4) is 0 Å². The second-order valence-electron chi connectivity index (χ2n) is 7.71. The summed E-state index contributed by atoms with van der Waals surface area (Å²) in [5, 5.41) is 2.96. The standard InChI is InChI=1S/C23H28FN3O2/c1-17(16-18-8-10-20(24)11-9-18)22(28)25-21(19-6-4-3-5-7-19)23(29)27-14-12-26(2)13-15-27/h3-11,17,21H,12-16H2,1-2H3,(H,25,28)/t17?,21-/m0/s1. The van der Waals surface area contributed by atoms with Gasteiger partial charge in [0.2, 0.25) is 11.8 Å². The highest BCUT2D eigenvalue weighted by Crippen LogP contribution is 2.19. The summed E-state index contributed by atoms with van der Waals surface area (Å²) in [7, 11) is 2.04. The van der Waals surface area contributed by atoms with Crippen LogP contribution in [0.5, 0.6) is 0 Å². The topological polar surface area (TPSA) is 52.7 Å². The van der Waals surface area contributed by atoms with E-state index in [0.29, 0.717) is 19.5 Å². The summed E-state index contributed by atoms with van der Waals surface area (Å²) in [4.78, 5) is 30.1. The van der Waals surface area contributed by atoms with Crippen LogP contribution < -0.4 is 5.32 Å². The zero-order valence-corrected chi connectivity index (χ0v) is 17.0. The fraction of sp³-hybridized carbons (Fsp3) is 0.391. The molecule has 2 amide bonds. The van der Waals surface area contributed by atoms with Gasteiger partial charge in [-0.25, -0.2) is 4.39 Å². The van der Waals surface area contributed by atoms with Crippen molar-refractivity contribution >= 4 is 11.8 Å². The van der Waals surface area contributed by atoms with Crippen LogP contribution in [0, 0.1) is 11.7 Å². The molecule has 0 saturated carbocycles. The lowest BCUT2D eigenvalue weighted by atomic mass is 9.98. The lowest BCUT2D eigenvalue weighted by Gasteiger charge is -2.35. The number of hydrogen-bond donors (Lipinski definition) is 1. The Morgan fingerprint density at radius 3 is 2.24 bits per heavy atom. The number of nitrogens with one attached hydrogen (secondary N) is 1. The Morgan fingerprint density at radius 1 is 1.00 bits per heavy atom. The minimum atomic E-state index is -0.706. The molecule has 5 nitrogen and oxygen atoms in total. The van der Waals surface area contributed by atoms with E-state index in [9.17, 15) is 14.0 Å². The van der Waals surface area contributed by atoms with Gasteiger partial charge >= 0.3 is 0 Å². The van der Waals surface area contributed by atoms with Crippen LogP contribution in [0.2, 0.25) is 0 Å². The molecule has 1 fully saturated rings. The zero-order valence-electron chi connectivity index (χ0n) is 17.0. The highest BCUT2D eigenvalue weighted by Gasteiger charge is 2.30. The van der Waals surface area contributed by atoms with E-state index in [1.807, 2.05) is 49.2 Å². The Balaban J connectivity index is 1.71. The largest absolute Gasteiger partial charge is 0.340 e.